The van der Waals surface area contributed by atoms with Crippen LogP contribution in [0.2, 0.25) is 0 Å². The highest BCUT2D eigenvalue weighted by molar-refractivity contribution is 7.90. The molecule has 0 aromatic heterocycles. The van der Waals surface area contributed by atoms with Gasteiger partial charge in [-0.15, -0.1) is 0 Å². The van der Waals surface area contributed by atoms with E-state index in [1.807, 2.05) is 12.1 Å². The van der Waals surface area contributed by atoms with Crippen LogP contribution in [0.5, 0.6) is 0 Å². The SMILES string of the molecule is CCC(NC(=O)C1(N2CCCCC2)CCCCC1)c1ccc(S(C)(=O)=O)cc1. The molecule has 2 aliphatic rings. The van der Waals surface area contributed by atoms with Gasteiger partial charge in [-0.3, -0.25) is 9.69 Å². The van der Waals surface area contributed by atoms with Gasteiger partial charge in [-0.1, -0.05) is 44.7 Å². The molecule has 3 rings (SSSR count). The minimum absolute atomic E-state index is 0.0929. The van der Waals surface area contributed by atoms with Crippen LogP contribution in [0, 0.1) is 0 Å². The van der Waals surface area contributed by atoms with E-state index in [0.717, 1.165) is 50.8 Å². The molecular weight excluding hydrogens is 372 g/mol. The molecule has 0 spiro atoms. The monoisotopic (exact) mass is 406 g/mol. The minimum atomic E-state index is -3.21. The van der Waals surface area contributed by atoms with Gasteiger partial charge in [-0.2, -0.15) is 0 Å². The molecule has 0 radical (unpaired) electrons. The van der Waals surface area contributed by atoms with Crippen LogP contribution < -0.4 is 5.32 Å². The minimum Gasteiger partial charge on any atom is -0.348 e. The highest BCUT2D eigenvalue weighted by Gasteiger charge is 2.45. The third-order valence-electron chi connectivity index (χ3n) is 6.49. The highest BCUT2D eigenvalue weighted by Crippen LogP contribution is 2.36. The summed E-state index contributed by atoms with van der Waals surface area (Å²) >= 11 is 0. The fourth-order valence-electron chi connectivity index (χ4n) is 4.81. The summed E-state index contributed by atoms with van der Waals surface area (Å²) in [5.41, 5.74) is 0.603. The third kappa shape index (κ3) is 4.60. The molecule has 1 saturated heterocycles. The number of amides is 1. The molecule has 0 bridgehead atoms. The second-order valence-corrected chi connectivity index (χ2v) is 10.4. The van der Waals surface area contributed by atoms with Gasteiger partial charge in [0, 0.05) is 6.26 Å². The van der Waals surface area contributed by atoms with E-state index in [9.17, 15) is 13.2 Å². The van der Waals surface area contributed by atoms with E-state index in [-0.39, 0.29) is 17.5 Å². The lowest BCUT2D eigenvalue weighted by Crippen LogP contribution is -2.61. The molecule has 1 aliphatic heterocycles. The molecule has 2 fully saturated rings. The molecule has 1 aliphatic carbocycles. The van der Waals surface area contributed by atoms with Crippen molar-refractivity contribution in [2.24, 2.45) is 0 Å². The summed E-state index contributed by atoms with van der Waals surface area (Å²) in [7, 11) is -3.21. The Morgan fingerprint density at radius 3 is 2.14 bits per heavy atom. The first-order valence-electron chi connectivity index (χ1n) is 10.7. The number of nitrogens with one attached hydrogen (secondary N) is 1. The second kappa shape index (κ2) is 8.95. The quantitative estimate of drug-likeness (QED) is 0.779. The highest BCUT2D eigenvalue weighted by atomic mass is 32.2. The van der Waals surface area contributed by atoms with Crippen molar-refractivity contribution in [3.63, 3.8) is 0 Å². The predicted molar refractivity (Wildman–Crippen MR) is 112 cm³/mol. The largest absolute Gasteiger partial charge is 0.348 e. The van der Waals surface area contributed by atoms with Crippen LogP contribution in [0.15, 0.2) is 29.2 Å². The van der Waals surface area contributed by atoms with Gasteiger partial charge in [0.1, 0.15) is 5.54 Å². The molecule has 28 heavy (non-hydrogen) atoms. The summed E-state index contributed by atoms with van der Waals surface area (Å²) in [5.74, 6) is 0.160. The number of hydrogen-bond donors (Lipinski definition) is 1. The maximum atomic E-state index is 13.5. The lowest BCUT2D eigenvalue weighted by molar-refractivity contribution is -0.138. The molecule has 1 aromatic rings. The van der Waals surface area contributed by atoms with Crippen molar-refractivity contribution in [2.75, 3.05) is 19.3 Å². The number of likely N-dealkylation sites (tertiary alicyclic amines) is 1. The van der Waals surface area contributed by atoms with Crippen molar-refractivity contribution in [1.82, 2.24) is 10.2 Å². The van der Waals surface area contributed by atoms with Crippen LogP contribution in [0.3, 0.4) is 0 Å². The zero-order chi connectivity index (χ0) is 20.2. The number of piperidine rings is 1. The number of nitrogens with zero attached hydrogens (tertiary/aromatic N) is 1. The first-order valence-corrected chi connectivity index (χ1v) is 12.6. The summed E-state index contributed by atoms with van der Waals surface area (Å²) in [6.07, 6.45) is 11.0. The summed E-state index contributed by atoms with van der Waals surface area (Å²) in [6, 6.07) is 6.85. The number of rotatable bonds is 6. The van der Waals surface area contributed by atoms with Crippen LogP contribution in [-0.4, -0.2) is 44.1 Å². The molecule has 1 aromatic carbocycles. The maximum absolute atomic E-state index is 13.5. The van der Waals surface area contributed by atoms with Gasteiger partial charge in [0.2, 0.25) is 5.91 Å². The lowest BCUT2D eigenvalue weighted by Gasteiger charge is -2.47. The number of sulfone groups is 1. The number of benzene rings is 1. The van der Waals surface area contributed by atoms with E-state index in [2.05, 4.69) is 17.1 Å². The van der Waals surface area contributed by atoms with Gasteiger partial charge in [-0.05, 0) is 62.9 Å². The smallest absolute Gasteiger partial charge is 0.241 e. The first-order chi connectivity index (χ1) is 13.4. The van der Waals surface area contributed by atoms with Crippen LogP contribution in [0.1, 0.15) is 76.3 Å². The zero-order valence-electron chi connectivity index (χ0n) is 17.2. The Bertz CT molecular complexity index is 761. The van der Waals surface area contributed by atoms with Crippen molar-refractivity contribution >= 4 is 15.7 Å². The molecular formula is C22H34N2O3S. The number of carbonyl (C=O) groups excluding carboxylic acids is 1. The molecule has 1 amide bonds. The van der Waals surface area contributed by atoms with E-state index in [0.29, 0.717) is 4.90 Å². The van der Waals surface area contributed by atoms with Gasteiger partial charge in [0.25, 0.3) is 0 Å². The fourth-order valence-corrected chi connectivity index (χ4v) is 5.44. The van der Waals surface area contributed by atoms with Crippen LogP contribution >= 0.6 is 0 Å². The Hall–Kier alpha value is -1.40. The average Bonchev–Trinajstić information content (AvgIpc) is 2.72. The van der Waals surface area contributed by atoms with Crippen LogP contribution in [-0.2, 0) is 14.6 Å². The Labute approximate surface area is 169 Å². The fraction of sp³-hybridized carbons (Fsp3) is 0.682. The average molecular weight is 407 g/mol. The lowest BCUT2D eigenvalue weighted by atomic mass is 9.78. The Balaban J connectivity index is 1.79. The van der Waals surface area contributed by atoms with Crippen molar-refractivity contribution in [2.45, 2.75) is 81.2 Å². The zero-order valence-corrected chi connectivity index (χ0v) is 18.1. The summed E-state index contributed by atoms with van der Waals surface area (Å²) < 4.78 is 23.4. The molecule has 1 saturated carbocycles. The van der Waals surface area contributed by atoms with Gasteiger partial charge in [-0.25, -0.2) is 8.42 Å². The molecule has 156 valence electrons. The molecule has 1 atom stereocenters. The Morgan fingerprint density at radius 1 is 1.04 bits per heavy atom. The van der Waals surface area contributed by atoms with E-state index < -0.39 is 9.84 Å². The third-order valence-corrected chi connectivity index (χ3v) is 7.62. The van der Waals surface area contributed by atoms with E-state index in [1.165, 1.54) is 31.9 Å². The molecule has 1 heterocycles. The van der Waals surface area contributed by atoms with E-state index >= 15 is 0 Å². The molecule has 1 unspecified atom stereocenters. The standard InChI is InChI=1S/C22H34N2O3S/c1-3-20(18-10-12-19(13-11-18)28(2,26)27)23-21(25)22(14-6-4-7-15-22)24-16-8-5-9-17-24/h10-13,20H,3-9,14-17H2,1-2H3,(H,23,25). The van der Waals surface area contributed by atoms with Crippen molar-refractivity contribution in [3.05, 3.63) is 29.8 Å². The molecule has 5 nitrogen and oxygen atoms in total. The summed E-state index contributed by atoms with van der Waals surface area (Å²) in [4.78, 5) is 16.3. The van der Waals surface area contributed by atoms with Crippen LogP contribution in [0.4, 0.5) is 0 Å². The van der Waals surface area contributed by atoms with Gasteiger partial charge in [0.15, 0.2) is 9.84 Å². The second-order valence-electron chi connectivity index (χ2n) is 8.42. The van der Waals surface area contributed by atoms with Crippen molar-refractivity contribution < 1.29 is 13.2 Å². The van der Waals surface area contributed by atoms with Crippen LogP contribution in [0.25, 0.3) is 0 Å². The van der Waals surface area contributed by atoms with E-state index in [1.54, 1.807) is 12.1 Å². The normalized spacial score (nSPS) is 21.8. The van der Waals surface area contributed by atoms with E-state index in [4.69, 9.17) is 0 Å². The number of hydrogen-bond acceptors (Lipinski definition) is 4. The molecule has 6 heteroatoms. The summed E-state index contributed by atoms with van der Waals surface area (Å²) in [5, 5.41) is 3.32. The topological polar surface area (TPSA) is 66.5 Å². The molecule has 1 N–H and O–H groups in total. The summed E-state index contributed by atoms with van der Waals surface area (Å²) in [6.45, 7) is 4.10. The first kappa shape index (κ1) is 21.3. The predicted octanol–water partition coefficient (Wildman–Crippen LogP) is 3.85. The van der Waals surface area contributed by atoms with Gasteiger partial charge >= 0.3 is 0 Å². The van der Waals surface area contributed by atoms with Gasteiger partial charge in [0.05, 0.1) is 10.9 Å². The number of carbonyl (C=O) groups is 1. The van der Waals surface area contributed by atoms with Gasteiger partial charge < -0.3 is 5.32 Å². The van der Waals surface area contributed by atoms with Crippen molar-refractivity contribution in [3.8, 4) is 0 Å². The Kier molecular flexibility index (Phi) is 6.81. The maximum Gasteiger partial charge on any atom is 0.241 e. The van der Waals surface area contributed by atoms with Crippen molar-refractivity contribution in [1.29, 1.82) is 0 Å². The Morgan fingerprint density at radius 2 is 1.61 bits per heavy atom.